The van der Waals surface area contributed by atoms with Gasteiger partial charge in [-0.15, -0.1) is 0 Å². The molecule has 3 nitrogen and oxygen atoms in total. The summed E-state index contributed by atoms with van der Waals surface area (Å²) < 4.78 is 0. The van der Waals surface area contributed by atoms with Crippen LogP contribution in [0.2, 0.25) is 0 Å². The number of unbranched alkanes of at least 4 members (excludes halogenated alkanes) is 1. The largest absolute Gasteiger partial charge is 0.290 e. The van der Waals surface area contributed by atoms with E-state index >= 15 is 0 Å². The van der Waals surface area contributed by atoms with E-state index in [9.17, 15) is 14.7 Å². The molecule has 2 rings (SSSR count). The van der Waals surface area contributed by atoms with Crippen LogP contribution in [-0.2, 0) is 5.11 Å². The van der Waals surface area contributed by atoms with Crippen molar-refractivity contribution in [3.63, 3.8) is 0 Å². The molecule has 0 saturated carbocycles. The molecule has 0 aliphatic rings. The van der Waals surface area contributed by atoms with Crippen LogP contribution in [0.4, 0.5) is 0 Å². The van der Waals surface area contributed by atoms with Crippen LogP contribution in [0.5, 0.6) is 0 Å². The van der Waals surface area contributed by atoms with Gasteiger partial charge in [0.05, 0.1) is 0 Å². The number of ketones is 2. The first-order valence-electron chi connectivity index (χ1n) is 7.49. The quantitative estimate of drug-likeness (QED) is 0.570. The van der Waals surface area contributed by atoms with Gasteiger partial charge >= 0.3 is 0 Å². The first-order valence-corrected chi connectivity index (χ1v) is 7.49. The molecule has 0 N–H and O–H groups in total. The molecule has 0 aliphatic carbocycles. The number of hydrogen-bond donors (Lipinski definition) is 0. The third kappa shape index (κ3) is 3.31. The summed E-state index contributed by atoms with van der Waals surface area (Å²) in [5.41, 5.74) is -1.67. The van der Waals surface area contributed by atoms with E-state index < -0.39 is 17.2 Å². The molecule has 0 unspecified atom stereocenters. The Morgan fingerprint density at radius 1 is 0.818 bits per heavy atom. The summed E-state index contributed by atoms with van der Waals surface area (Å²) in [7, 11) is 0. The fourth-order valence-corrected chi connectivity index (χ4v) is 2.40. The molecule has 22 heavy (non-hydrogen) atoms. The number of benzene rings is 2. The first-order chi connectivity index (χ1) is 10.6. The van der Waals surface area contributed by atoms with Crippen LogP contribution < -0.4 is 0 Å². The Labute approximate surface area is 130 Å². The second-order valence-electron chi connectivity index (χ2n) is 5.32. The van der Waals surface area contributed by atoms with Crippen molar-refractivity contribution in [2.75, 3.05) is 0 Å². The number of Topliss-reactive ketones (excluding diaryl/α,β-unsaturated/α-hetero) is 2. The van der Waals surface area contributed by atoms with Crippen molar-refractivity contribution >= 4 is 11.6 Å². The smallest absolute Gasteiger partial charge is 0.228 e. The Kier molecular flexibility index (Phi) is 5.23. The lowest BCUT2D eigenvalue weighted by Crippen LogP contribution is -2.45. The molecule has 2 aromatic carbocycles. The zero-order chi connectivity index (χ0) is 16.0. The molecule has 0 fully saturated rings. The van der Waals surface area contributed by atoms with Gasteiger partial charge < -0.3 is 0 Å². The first kappa shape index (κ1) is 16.1. The average Bonchev–Trinajstić information content (AvgIpc) is 2.59. The highest BCUT2D eigenvalue weighted by Gasteiger charge is 2.45. The highest BCUT2D eigenvalue weighted by atomic mass is 16.3. The third-order valence-corrected chi connectivity index (χ3v) is 3.69. The molecule has 0 aliphatic heterocycles. The van der Waals surface area contributed by atoms with Gasteiger partial charge in [0.1, 0.15) is 0 Å². The predicted molar refractivity (Wildman–Crippen MR) is 84.5 cm³/mol. The molecule has 1 radical (unpaired) electrons. The lowest BCUT2D eigenvalue weighted by Gasteiger charge is -2.23. The van der Waals surface area contributed by atoms with E-state index in [1.165, 1.54) is 0 Å². The molecule has 2 aromatic rings. The maximum atomic E-state index is 13.2. The summed E-state index contributed by atoms with van der Waals surface area (Å²) in [6, 6.07) is 16.7. The zero-order valence-electron chi connectivity index (χ0n) is 12.6. The van der Waals surface area contributed by atoms with Crippen molar-refractivity contribution in [1.82, 2.24) is 0 Å². The predicted octanol–water partition coefficient (Wildman–Crippen LogP) is 4.11. The summed E-state index contributed by atoms with van der Waals surface area (Å²) in [6.45, 7) is 1.93. The molecule has 0 spiro atoms. The molecule has 113 valence electrons. The van der Waals surface area contributed by atoms with E-state index in [2.05, 4.69) is 0 Å². The van der Waals surface area contributed by atoms with E-state index in [1.54, 1.807) is 60.7 Å². The number of carbonyl (C=O) groups excluding carboxylic acids is 2. The van der Waals surface area contributed by atoms with Crippen molar-refractivity contribution in [3.8, 4) is 0 Å². The lowest BCUT2D eigenvalue weighted by molar-refractivity contribution is -0.00645. The Morgan fingerprint density at radius 3 is 1.59 bits per heavy atom. The van der Waals surface area contributed by atoms with Crippen molar-refractivity contribution < 1.29 is 14.7 Å². The average molecular weight is 295 g/mol. The van der Waals surface area contributed by atoms with Gasteiger partial charge in [-0.2, -0.15) is 0 Å². The van der Waals surface area contributed by atoms with E-state index in [0.717, 1.165) is 6.42 Å². The summed E-state index contributed by atoms with van der Waals surface area (Å²) in [6.07, 6.45) is 1.32. The Balaban J connectivity index is 2.39. The third-order valence-electron chi connectivity index (χ3n) is 3.69. The Bertz CT molecular complexity index is 581. The van der Waals surface area contributed by atoms with Crippen molar-refractivity contribution in [2.45, 2.75) is 31.8 Å². The highest BCUT2D eigenvalue weighted by molar-refractivity contribution is 6.22. The van der Waals surface area contributed by atoms with Gasteiger partial charge in [0, 0.05) is 11.1 Å². The minimum Gasteiger partial charge on any atom is -0.290 e. The molecule has 0 atom stereocenters. The molecule has 3 heteroatoms. The van der Waals surface area contributed by atoms with Gasteiger partial charge in [-0.1, -0.05) is 74.0 Å². The van der Waals surface area contributed by atoms with Gasteiger partial charge in [0.2, 0.25) is 17.2 Å². The van der Waals surface area contributed by atoms with Crippen LogP contribution in [0.1, 0.15) is 46.9 Å². The standard InChI is InChI=1S/C19H19O3/c1-2-3-14-19(22,17(20)15-10-6-4-7-11-15)18(21)16-12-8-5-9-13-16/h4-13H,2-3,14H2,1H3. The van der Waals surface area contributed by atoms with Gasteiger partial charge in [0.25, 0.3) is 0 Å². The molecule has 0 saturated heterocycles. The number of rotatable bonds is 7. The minimum atomic E-state index is -2.25. The maximum absolute atomic E-state index is 13.2. The molecule has 0 aromatic heterocycles. The summed E-state index contributed by atoms with van der Waals surface area (Å²) >= 11 is 0. The van der Waals surface area contributed by atoms with Crippen LogP contribution in [0.15, 0.2) is 60.7 Å². The summed E-state index contributed by atoms with van der Waals surface area (Å²) in [4.78, 5) is 25.3. The Morgan fingerprint density at radius 2 is 1.23 bits per heavy atom. The normalized spacial score (nSPS) is 11.2. The number of carbonyl (C=O) groups is 2. The highest BCUT2D eigenvalue weighted by Crippen LogP contribution is 2.26. The molecule has 0 amide bonds. The van der Waals surface area contributed by atoms with Crippen LogP contribution in [0.3, 0.4) is 0 Å². The zero-order valence-corrected chi connectivity index (χ0v) is 12.6. The van der Waals surface area contributed by atoms with E-state index in [4.69, 9.17) is 0 Å². The second kappa shape index (κ2) is 7.14. The van der Waals surface area contributed by atoms with Crippen LogP contribution in [0.25, 0.3) is 0 Å². The molecular weight excluding hydrogens is 276 g/mol. The minimum absolute atomic E-state index is 0.0188. The van der Waals surface area contributed by atoms with Crippen LogP contribution in [-0.4, -0.2) is 17.2 Å². The van der Waals surface area contributed by atoms with E-state index in [0.29, 0.717) is 6.42 Å². The van der Waals surface area contributed by atoms with Gasteiger partial charge in [0.15, 0.2) is 0 Å². The lowest BCUT2D eigenvalue weighted by atomic mass is 9.82. The second-order valence-corrected chi connectivity index (χ2v) is 5.32. The maximum Gasteiger partial charge on any atom is 0.228 e. The molecule has 0 bridgehead atoms. The topological polar surface area (TPSA) is 54.0 Å². The van der Waals surface area contributed by atoms with Gasteiger partial charge in [-0.3, -0.25) is 9.59 Å². The van der Waals surface area contributed by atoms with Gasteiger partial charge in [-0.05, 0) is 12.8 Å². The fraction of sp³-hybridized carbons (Fsp3) is 0.263. The van der Waals surface area contributed by atoms with Crippen molar-refractivity contribution in [2.24, 2.45) is 0 Å². The summed E-state index contributed by atoms with van der Waals surface area (Å²) in [5.74, 6) is -1.29. The fourth-order valence-electron chi connectivity index (χ4n) is 2.40. The SMILES string of the molecule is CCCCC([O])(C(=O)c1ccccc1)C(=O)c1ccccc1. The monoisotopic (exact) mass is 295 g/mol. The van der Waals surface area contributed by atoms with Gasteiger partial charge in [-0.25, -0.2) is 5.11 Å². The Hall–Kier alpha value is -2.26. The molecule has 0 heterocycles. The van der Waals surface area contributed by atoms with E-state index in [1.807, 2.05) is 6.92 Å². The summed E-state index contributed by atoms with van der Waals surface area (Å²) in [5, 5.41) is 13.2. The van der Waals surface area contributed by atoms with Crippen LogP contribution in [0, 0.1) is 0 Å². The molecular formula is C19H19O3. The van der Waals surface area contributed by atoms with Crippen LogP contribution >= 0.6 is 0 Å². The van der Waals surface area contributed by atoms with Crippen molar-refractivity contribution in [3.05, 3.63) is 71.8 Å². The number of hydrogen-bond acceptors (Lipinski definition) is 2. The van der Waals surface area contributed by atoms with E-state index in [-0.39, 0.29) is 17.5 Å². The van der Waals surface area contributed by atoms with Crippen molar-refractivity contribution in [1.29, 1.82) is 0 Å².